The van der Waals surface area contributed by atoms with Gasteiger partial charge in [-0.25, -0.2) is 0 Å². The molecule has 1 N–H and O–H groups in total. The molecule has 72 valence electrons. The van der Waals surface area contributed by atoms with Gasteiger partial charge in [0.1, 0.15) is 0 Å². The molecule has 1 heterocycles. The largest absolute Gasteiger partial charge is 0.314 e. The van der Waals surface area contributed by atoms with Gasteiger partial charge in [0.05, 0.1) is 0 Å². The first-order valence-corrected chi connectivity index (χ1v) is 5.33. The van der Waals surface area contributed by atoms with Gasteiger partial charge in [0.2, 0.25) is 0 Å². The molecule has 0 bridgehead atoms. The normalized spacial score (nSPS) is 30.5. The van der Waals surface area contributed by atoms with E-state index in [1.165, 1.54) is 19.4 Å². The predicted octanol–water partition coefficient (Wildman–Crippen LogP) is 2.67. The third kappa shape index (κ3) is 2.78. The molecule has 0 aromatic rings. The summed E-state index contributed by atoms with van der Waals surface area (Å²) in [5.41, 5.74) is 0. The minimum absolute atomic E-state index is 0.803. The summed E-state index contributed by atoms with van der Waals surface area (Å²) in [6.07, 6.45) is 2.75. The Morgan fingerprint density at radius 2 is 1.92 bits per heavy atom. The molecule has 1 aliphatic rings. The molecule has 0 amide bonds. The second-order valence-corrected chi connectivity index (χ2v) is 4.97. The Kier molecular flexibility index (Phi) is 3.57. The highest BCUT2D eigenvalue weighted by molar-refractivity contribution is 4.83. The van der Waals surface area contributed by atoms with E-state index < -0.39 is 0 Å². The molecule has 2 unspecified atom stereocenters. The standard InChI is InChI=1S/C11H23N/c1-8(2)5-11-6-10(7-12-11)9(3)4/h8-12H,5-7H2,1-4H3. The Labute approximate surface area is 76.9 Å². The van der Waals surface area contributed by atoms with Crippen LogP contribution in [-0.2, 0) is 0 Å². The van der Waals surface area contributed by atoms with Gasteiger partial charge in [0, 0.05) is 6.04 Å². The topological polar surface area (TPSA) is 12.0 Å². The van der Waals surface area contributed by atoms with Gasteiger partial charge in [-0.3, -0.25) is 0 Å². The summed E-state index contributed by atoms with van der Waals surface area (Å²) in [6, 6.07) is 0.803. The molecule has 12 heavy (non-hydrogen) atoms. The van der Waals surface area contributed by atoms with Gasteiger partial charge >= 0.3 is 0 Å². The van der Waals surface area contributed by atoms with E-state index in [4.69, 9.17) is 0 Å². The zero-order valence-corrected chi connectivity index (χ0v) is 8.93. The van der Waals surface area contributed by atoms with Crippen LogP contribution in [0, 0.1) is 17.8 Å². The maximum Gasteiger partial charge on any atom is 0.00728 e. The lowest BCUT2D eigenvalue weighted by Gasteiger charge is -2.14. The molecule has 0 aromatic heterocycles. The molecular weight excluding hydrogens is 146 g/mol. The smallest absolute Gasteiger partial charge is 0.00728 e. The van der Waals surface area contributed by atoms with Crippen LogP contribution in [0.1, 0.15) is 40.5 Å². The first-order chi connectivity index (χ1) is 5.59. The van der Waals surface area contributed by atoms with Crippen LogP contribution in [0.5, 0.6) is 0 Å². The quantitative estimate of drug-likeness (QED) is 0.685. The van der Waals surface area contributed by atoms with Gasteiger partial charge in [-0.05, 0) is 37.1 Å². The summed E-state index contributed by atoms with van der Waals surface area (Å²) in [5.74, 6) is 2.62. The number of hydrogen-bond acceptors (Lipinski definition) is 1. The van der Waals surface area contributed by atoms with Crippen LogP contribution >= 0.6 is 0 Å². The second kappa shape index (κ2) is 4.27. The summed E-state index contributed by atoms with van der Waals surface area (Å²) >= 11 is 0. The lowest BCUT2D eigenvalue weighted by molar-refractivity contribution is 0.395. The highest BCUT2D eigenvalue weighted by atomic mass is 14.9. The highest BCUT2D eigenvalue weighted by Gasteiger charge is 2.26. The Morgan fingerprint density at radius 3 is 2.33 bits per heavy atom. The lowest BCUT2D eigenvalue weighted by Crippen LogP contribution is -2.22. The van der Waals surface area contributed by atoms with Crippen molar-refractivity contribution in [2.45, 2.75) is 46.6 Å². The Hall–Kier alpha value is -0.0400. The van der Waals surface area contributed by atoms with E-state index in [9.17, 15) is 0 Å². The molecule has 1 saturated heterocycles. The average molecular weight is 169 g/mol. The number of rotatable bonds is 3. The first kappa shape index (κ1) is 10.0. The van der Waals surface area contributed by atoms with Crippen molar-refractivity contribution in [3.8, 4) is 0 Å². The molecule has 0 aromatic carbocycles. The Morgan fingerprint density at radius 1 is 1.25 bits per heavy atom. The molecule has 1 rings (SSSR count). The van der Waals surface area contributed by atoms with E-state index in [-0.39, 0.29) is 0 Å². The molecule has 2 atom stereocenters. The van der Waals surface area contributed by atoms with Gasteiger partial charge in [-0.1, -0.05) is 27.7 Å². The molecule has 0 aliphatic carbocycles. The fourth-order valence-electron chi connectivity index (χ4n) is 2.11. The van der Waals surface area contributed by atoms with Crippen LogP contribution in [0.4, 0.5) is 0 Å². The van der Waals surface area contributed by atoms with Crippen molar-refractivity contribution in [2.24, 2.45) is 17.8 Å². The predicted molar refractivity (Wildman–Crippen MR) is 54.2 cm³/mol. The molecular formula is C11H23N. The molecule has 1 heteroatoms. The Balaban J connectivity index is 2.26. The summed E-state index contributed by atoms with van der Waals surface area (Å²) in [5, 5.41) is 3.62. The number of nitrogens with one attached hydrogen (secondary N) is 1. The zero-order chi connectivity index (χ0) is 9.14. The van der Waals surface area contributed by atoms with E-state index in [0.29, 0.717) is 0 Å². The number of hydrogen-bond donors (Lipinski definition) is 1. The molecule has 1 fully saturated rings. The third-order valence-electron chi connectivity index (χ3n) is 2.95. The van der Waals surface area contributed by atoms with Crippen LogP contribution in [-0.4, -0.2) is 12.6 Å². The van der Waals surface area contributed by atoms with Crippen molar-refractivity contribution >= 4 is 0 Å². The van der Waals surface area contributed by atoms with Crippen molar-refractivity contribution in [1.82, 2.24) is 5.32 Å². The van der Waals surface area contributed by atoms with Crippen molar-refractivity contribution < 1.29 is 0 Å². The van der Waals surface area contributed by atoms with Gasteiger partial charge in [0.25, 0.3) is 0 Å². The van der Waals surface area contributed by atoms with Crippen LogP contribution in [0.2, 0.25) is 0 Å². The SMILES string of the molecule is CC(C)CC1CC(C(C)C)CN1. The maximum atomic E-state index is 3.62. The van der Waals surface area contributed by atoms with Crippen molar-refractivity contribution in [1.29, 1.82) is 0 Å². The minimum Gasteiger partial charge on any atom is -0.314 e. The third-order valence-corrected chi connectivity index (χ3v) is 2.95. The minimum atomic E-state index is 0.803. The molecule has 0 saturated carbocycles. The van der Waals surface area contributed by atoms with Crippen LogP contribution < -0.4 is 5.32 Å². The van der Waals surface area contributed by atoms with Crippen LogP contribution in [0.25, 0.3) is 0 Å². The van der Waals surface area contributed by atoms with Crippen LogP contribution in [0.15, 0.2) is 0 Å². The molecule has 1 aliphatic heterocycles. The highest BCUT2D eigenvalue weighted by Crippen LogP contribution is 2.24. The summed E-state index contributed by atoms with van der Waals surface area (Å²) in [7, 11) is 0. The average Bonchev–Trinajstić information content (AvgIpc) is 2.34. The zero-order valence-electron chi connectivity index (χ0n) is 8.93. The van der Waals surface area contributed by atoms with E-state index in [1.54, 1.807) is 0 Å². The van der Waals surface area contributed by atoms with Crippen molar-refractivity contribution in [3.63, 3.8) is 0 Å². The van der Waals surface area contributed by atoms with E-state index in [0.717, 1.165) is 23.8 Å². The molecule has 1 nitrogen and oxygen atoms in total. The fourth-order valence-corrected chi connectivity index (χ4v) is 2.11. The monoisotopic (exact) mass is 169 g/mol. The summed E-state index contributed by atoms with van der Waals surface area (Å²) < 4.78 is 0. The summed E-state index contributed by atoms with van der Waals surface area (Å²) in [4.78, 5) is 0. The van der Waals surface area contributed by atoms with E-state index in [1.807, 2.05) is 0 Å². The van der Waals surface area contributed by atoms with Gasteiger partial charge in [0.15, 0.2) is 0 Å². The van der Waals surface area contributed by atoms with Crippen LogP contribution in [0.3, 0.4) is 0 Å². The van der Waals surface area contributed by atoms with Crippen molar-refractivity contribution in [3.05, 3.63) is 0 Å². The second-order valence-electron chi connectivity index (χ2n) is 4.97. The van der Waals surface area contributed by atoms with E-state index in [2.05, 4.69) is 33.0 Å². The van der Waals surface area contributed by atoms with Gasteiger partial charge in [-0.15, -0.1) is 0 Å². The summed E-state index contributed by atoms with van der Waals surface area (Å²) in [6.45, 7) is 10.5. The van der Waals surface area contributed by atoms with Gasteiger partial charge < -0.3 is 5.32 Å². The van der Waals surface area contributed by atoms with E-state index >= 15 is 0 Å². The first-order valence-electron chi connectivity index (χ1n) is 5.33. The fraction of sp³-hybridized carbons (Fsp3) is 1.00. The maximum absolute atomic E-state index is 3.62. The van der Waals surface area contributed by atoms with Crippen molar-refractivity contribution in [2.75, 3.05) is 6.54 Å². The molecule has 0 spiro atoms. The van der Waals surface area contributed by atoms with Gasteiger partial charge in [-0.2, -0.15) is 0 Å². The molecule has 0 radical (unpaired) electrons. The Bertz CT molecular complexity index is 129. The lowest BCUT2D eigenvalue weighted by atomic mass is 9.91.